The van der Waals surface area contributed by atoms with Crippen LogP contribution in [0, 0.1) is 0 Å². The zero-order valence-electron chi connectivity index (χ0n) is 15.5. The third kappa shape index (κ3) is 4.89. The lowest BCUT2D eigenvalue weighted by atomic mass is 9.91. The van der Waals surface area contributed by atoms with Crippen LogP contribution in [0.25, 0.3) is 11.1 Å². The van der Waals surface area contributed by atoms with Gasteiger partial charge in [0.2, 0.25) is 5.91 Å². The Bertz CT molecular complexity index is 908. The molecule has 0 aliphatic carbocycles. The topological polar surface area (TPSA) is 67.8 Å². The number of ether oxygens (including phenoxy) is 2. The van der Waals surface area contributed by atoms with Crippen molar-refractivity contribution in [1.29, 1.82) is 0 Å². The summed E-state index contributed by atoms with van der Waals surface area (Å²) in [6.07, 6.45) is -2.53. The molecule has 0 bridgehead atoms. The van der Waals surface area contributed by atoms with Crippen molar-refractivity contribution < 1.29 is 32.5 Å². The van der Waals surface area contributed by atoms with E-state index in [1.54, 1.807) is 0 Å². The van der Waals surface area contributed by atoms with E-state index in [0.29, 0.717) is 36.3 Å². The van der Waals surface area contributed by atoms with E-state index in [-0.39, 0.29) is 24.8 Å². The molecule has 3 rings (SSSR count). The largest absolute Gasteiger partial charge is 0.573 e. The van der Waals surface area contributed by atoms with E-state index >= 15 is 0 Å². The Hall–Kier alpha value is -3.00. The highest BCUT2D eigenvalue weighted by Crippen LogP contribution is 2.41. The molecule has 0 saturated heterocycles. The lowest BCUT2D eigenvalue weighted by molar-refractivity contribution is -0.274. The molecule has 2 N–H and O–H groups in total. The van der Waals surface area contributed by atoms with Gasteiger partial charge in [-0.2, -0.15) is 0 Å². The number of rotatable bonds is 7. The first-order valence-corrected chi connectivity index (χ1v) is 9.00. The van der Waals surface area contributed by atoms with E-state index in [9.17, 15) is 23.1 Å². The standard InChI is InChI=1S/C21H20F3NO4/c1-2-19(27)25-12-14-11-18(20-17(8-10-28-20)16(14)7-9-26)13-3-5-15(6-4-13)29-21(22,23)24/h2-6,11,26H,1,7-10,12H2,(H,25,27). The van der Waals surface area contributed by atoms with Crippen molar-refractivity contribution in [3.8, 4) is 22.6 Å². The number of nitrogens with one attached hydrogen (secondary N) is 1. The van der Waals surface area contributed by atoms with Gasteiger partial charge in [-0.15, -0.1) is 13.2 Å². The molecule has 0 unspecified atom stereocenters. The predicted octanol–water partition coefficient (Wildman–Crippen LogP) is 3.52. The van der Waals surface area contributed by atoms with E-state index in [1.807, 2.05) is 6.07 Å². The van der Waals surface area contributed by atoms with Crippen LogP contribution in [-0.2, 0) is 24.2 Å². The van der Waals surface area contributed by atoms with Crippen molar-refractivity contribution in [3.05, 3.63) is 59.7 Å². The molecule has 29 heavy (non-hydrogen) atoms. The maximum Gasteiger partial charge on any atom is 0.573 e. The minimum absolute atomic E-state index is 0.0579. The van der Waals surface area contributed by atoms with Gasteiger partial charge in [0, 0.05) is 30.7 Å². The van der Waals surface area contributed by atoms with Gasteiger partial charge < -0.3 is 19.9 Å². The Balaban J connectivity index is 2.01. The van der Waals surface area contributed by atoms with E-state index in [4.69, 9.17) is 4.74 Å². The molecule has 0 aromatic heterocycles. The first kappa shape index (κ1) is 20.7. The second kappa shape index (κ2) is 8.57. The average Bonchev–Trinajstić information content (AvgIpc) is 3.16. The summed E-state index contributed by atoms with van der Waals surface area (Å²) in [5.41, 5.74) is 4.02. The molecule has 2 aromatic rings. The Morgan fingerprint density at radius 2 is 2.03 bits per heavy atom. The summed E-state index contributed by atoms with van der Waals surface area (Å²) >= 11 is 0. The van der Waals surface area contributed by atoms with Gasteiger partial charge in [0.1, 0.15) is 11.5 Å². The Kier molecular flexibility index (Phi) is 6.12. The Labute approximate surface area is 165 Å². The SMILES string of the molecule is C=CC(=O)NCc1cc(-c2ccc(OC(F)(F)F)cc2)c2c(c1CCO)CCO2. The summed E-state index contributed by atoms with van der Waals surface area (Å²) in [6, 6.07) is 7.36. The van der Waals surface area contributed by atoms with Gasteiger partial charge in [-0.1, -0.05) is 18.7 Å². The highest BCUT2D eigenvalue weighted by atomic mass is 19.4. The summed E-state index contributed by atoms with van der Waals surface area (Å²) in [5.74, 6) is 0.0119. The lowest BCUT2D eigenvalue weighted by Crippen LogP contribution is -2.21. The van der Waals surface area contributed by atoms with Gasteiger partial charge in [-0.05, 0) is 47.4 Å². The highest BCUT2D eigenvalue weighted by Gasteiger charge is 2.31. The lowest BCUT2D eigenvalue weighted by Gasteiger charge is -2.18. The summed E-state index contributed by atoms with van der Waals surface area (Å²) in [5, 5.41) is 12.2. The number of hydrogen-bond acceptors (Lipinski definition) is 4. The quantitative estimate of drug-likeness (QED) is 0.690. The van der Waals surface area contributed by atoms with Gasteiger partial charge >= 0.3 is 6.36 Å². The van der Waals surface area contributed by atoms with Crippen LogP contribution in [0.3, 0.4) is 0 Å². The molecule has 1 heterocycles. The summed E-state index contributed by atoms with van der Waals surface area (Å²) < 4.78 is 46.9. The number of carbonyl (C=O) groups is 1. The van der Waals surface area contributed by atoms with Crippen LogP contribution >= 0.6 is 0 Å². The van der Waals surface area contributed by atoms with E-state index in [0.717, 1.165) is 16.7 Å². The Morgan fingerprint density at radius 1 is 1.31 bits per heavy atom. The minimum atomic E-state index is -4.76. The maximum atomic E-state index is 12.4. The average molecular weight is 407 g/mol. The minimum Gasteiger partial charge on any atom is -0.492 e. The van der Waals surface area contributed by atoms with Crippen molar-refractivity contribution in [2.75, 3.05) is 13.2 Å². The second-order valence-corrected chi connectivity index (χ2v) is 6.44. The van der Waals surface area contributed by atoms with Gasteiger partial charge in [0.15, 0.2) is 0 Å². The third-order valence-electron chi connectivity index (χ3n) is 4.59. The normalized spacial score (nSPS) is 12.8. The molecular weight excluding hydrogens is 387 g/mol. The number of aliphatic hydroxyl groups excluding tert-OH is 1. The number of aliphatic hydroxyl groups is 1. The van der Waals surface area contributed by atoms with E-state index in [1.165, 1.54) is 30.3 Å². The number of alkyl halides is 3. The summed E-state index contributed by atoms with van der Waals surface area (Å²) in [7, 11) is 0. The van der Waals surface area contributed by atoms with Gasteiger partial charge in [-0.3, -0.25) is 4.79 Å². The third-order valence-corrected chi connectivity index (χ3v) is 4.59. The van der Waals surface area contributed by atoms with Crippen molar-refractivity contribution in [2.24, 2.45) is 0 Å². The van der Waals surface area contributed by atoms with Crippen LogP contribution in [0.4, 0.5) is 13.2 Å². The van der Waals surface area contributed by atoms with Gasteiger partial charge in [0.25, 0.3) is 0 Å². The van der Waals surface area contributed by atoms with Crippen LogP contribution in [-0.4, -0.2) is 30.6 Å². The molecule has 2 aromatic carbocycles. The van der Waals surface area contributed by atoms with E-state index < -0.39 is 6.36 Å². The molecule has 0 fully saturated rings. The number of carbonyl (C=O) groups excluding carboxylic acids is 1. The highest BCUT2D eigenvalue weighted by molar-refractivity contribution is 5.87. The molecule has 154 valence electrons. The molecule has 0 spiro atoms. The van der Waals surface area contributed by atoms with Crippen molar-refractivity contribution in [1.82, 2.24) is 5.32 Å². The summed E-state index contributed by atoms with van der Waals surface area (Å²) in [4.78, 5) is 11.6. The van der Waals surface area contributed by atoms with Crippen LogP contribution < -0.4 is 14.8 Å². The number of halogens is 3. The Morgan fingerprint density at radius 3 is 2.66 bits per heavy atom. The van der Waals surface area contributed by atoms with Crippen LogP contribution in [0.2, 0.25) is 0 Å². The maximum absolute atomic E-state index is 12.4. The molecule has 0 radical (unpaired) electrons. The number of benzene rings is 2. The fraction of sp³-hybridized carbons (Fsp3) is 0.286. The van der Waals surface area contributed by atoms with Crippen molar-refractivity contribution >= 4 is 5.91 Å². The first-order valence-electron chi connectivity index (χ1n) is 9.00. The molecule has 5 nitrogen and oxygen atoms in total. The number of hydrogen-bond donors (Lipinski definition) is 2. The van der Waals surface area contributed by atoms with Crippen molar-refractivity contribution in [3.63, 3.8) is 0 Å². The zero-order chi connectivity index (χ0) is 21.0. The van der Waals surface area contributed by atoms with Crippen LogP contribution in [0.15, 0.2) is 43.0 Å². The first-order chi connectivity index (χ1) is 13.8. The fourth-order valence-electron chi connectivity index (χ4n) is 3.39. The molecule has 1 aliphatic heterocycles. The fourth-order valence-corrected chi connectivity index (χ4v) is 3.39. The number of fused-ring (bicyclic) bond motifs is 1. The van der Waals surface area contributed by atoms with E-state index in [2.05, 4.69) is 16.6 Å². The molecule has 8 heteroatoms. The molecule has 0 atom stereocenters. The second-order valence-electron chi connectivity index (χ2n) is 6.44. The smallest absolute Gasteiger partial charge is 0.492 e. The molecule has 1 amide bonds. The van der Waals surface area contributed by atoms with Gasteiger partial charge in [0.05, 0.1) is 6.61 Å². The van der Waals surface area contributed by atoms with Crippen molar-refractivity contribution in [2.45, 2.75) is 25.7 Å². The van der Waals surface area contributed by atoms with Crippen LogP contribution in [0.1, 0.15) is 16.7 Å². The number of amides is 1. The summed E-state index contributed by atoms with van der Waals surface area (Å²) in [6.45, 7) is 4.07. The predicted molar refractivity (Wildman–Crippen MR) is 101 cm³/mol. The molecular formula is C21H20F3NO4. The molecule has 0 saturated carbocycles. The molecule has 1 aliphatic rings. The van der Waals surface area contributed by atoms with Crippen LogP contribution in [0.5, 0.6) is 11.5 Å². The monoisotopic (exact) mass is 407 g/mol. The van der Waals surface area contributed by atoms with Gasteiger partial charge in [-0.25, -0.2) is 0 Å². The zero-order valence-corrected chi connectivity index (χ0v) is 15.5.